The molecule has 112 valence electrons. The number of rotatable bonds is 8. The van der Waals surface area contributed by atoms with Crippen molar-refractivity contribution < 1.29 is 9.90 Å². The quantitative estimate of drug-likeness (QED) is 0.761. The molecule has 0 radical (unpaired) electrons. The number of aliphatic carboxylic acids is 1. The first-order chi connectivity index (χ1) is 10.2. The van der Waals surface area contributed by atoms with Gasteiger partial charge in [-0.2, -0.15) is 5.10 Å². The number of aromatic nitrogens is 2. The fourth-order valence-corrected chi connectivity index (χ4v) is 2.88. The minimum atomic E-state index is -0.796. The zero-order valence-electron chi connectivity index (χ0n) is 12.2. The van der Waals surface area contributed by atoms with E-state index in [0.29, 0.717) is 0 Å². The van der Waals surface area contributed by atoms with Gasteiger partial charge in [0, 0.05) is 6.54 Å². The summed E-state index contributed by atoms with van der Waals surface area (Å²) < 4.78 is 1.94. The van der Waals surface area contributed by atoms with E-state index in [1.54, 1.807) is 0 Å². The predicted molar refractivity (Wildman–Crippen MR) is 84.7 cm³/mol. The van der Waals surface area contributed by atoms with Gasteiger partial charge in [-0.15, -0.1) is 0 Å². The second kappa shape index (κ2) is 7.88. The van der Waals surface area contributed by atoms with Gasteiger partial charge in [0.15, 0.2) is 0 Å². The van der Waals surface area contributed by atoms with Crippen molar-refractivity contribution >= 4 is 17.7 Å². The van der Waals surface area contributed by atoms with E-state index in [1.807, 2.05) is 28.9 Å². The maximum absolute atomic E-state index is 10.7. The van der Waals surface area contributed by atoms with Crippen LogP contribution in [0.2, 0.25) is 0 Å². The summed E-state index contributed by atoms with van der Waals surface area (Å²) in [4.78, 5) is 10.7. The summed E-state index contributed by atoms with van der Waals surface area (Å²) in [7, 11) is 0. The molecule has 5 heteroatoms. The molecule has 4 nitrogen and oxygen atoms in total. The number of carboxylic acids is 1. The molecule has 2 aromatic rings. The van der Waals surface area contributed by atoms with Crippen LogP contribution in [0.25, 0.3) is 0 Å². The number of hydrogen-bond acceptors (Lipinski definition) is 3. The van der Waals surface area contributed by atoms with Crippen molar-refractivity contribution in [1.29, 1.82) is 0 Å². The predicted octanol–water partition coefficient (Wildman–Crippen LogP) is 3.26. The summed E-state index contributed by atoms with van der Waals surface area (Å²) >= 11 is 1.34. The van der Waals surface area contributed by atoms with Gasteiger partial charge < -0.3 is 5.11 Å². The van der Waals surface area contributed by atoms with Crippen molar-refractivity contribution in [1.82, 2.24) is 9.78 Å². The van der Waals surface area contributed by atoms with Crippen LogP contribution >= 0.6 is 11.8 Å². The monoisotopic (exact) mass is 304 g/mol. The van der Waals surface area contributed by atoms with E-state index in [-0.39, 0.29) is 5.75 Å². The average molecular weight is 304 g/mol. The molecule has 0 aliphatic carbocycles. The van der Waals surface area contributed by atoms with E-state index in [4.69, 9.17) is 5.11 Å². The standard InChI is InChI=1S/C16H20N2O2S/c1-2-14-11-15(21-12-16(19)20)18(17-14)10-6-9-13-7-4-3-5-8-13/h3-5,7-8,11H,2,6,9-10,12H2,1H3,(H,19,20). The highest BCUT2D eigenvalue weighted by atomic mass is 32.2. The van der Waals surface area contributed by atoms with Crippen LogP contribution in [-0.2, 0) is 24.2 Å². The Balaban J connectivity index is 1.94. The van der Waals surface area contributed by atoms with Crippen molar-refractivity contribution in [2.75, 3.05) is 5.75 Å². The lowest BCUT2D eigenvalue weighted by Gasteiger charge is -2.06. The third-order valence-electron chi connectivity index (χ3n) is 3.18. The van der Waals surface area contributed by atoms with Gasteiger partial charge in [0.2, 0.25) is 0 Å². The Kier molecular flexibility index (Phi) is 5.87. The molecule has 0 saturated carbocycles. The van der Waals surface area contributed by atoms with E-state index in [9.17, 15) is 4.79 Å². The van der Waals surface area contributed by atoms with Gasteiger partial charge >= 0.3 is 5.97 Å². The number of thioether (sulfide) groups is 1. The molecule has 1 heterocycles. The summed E-state index contributed by atoms with van der Waals surface area (Å²) in [5.41, 5.74) is 2.34. The summed E-state index contributed by atoms with van der Waals surface area (Å²) in [6.07, 6.45) is 2.87. The molecular formula is C16H20N2O2S. The molecule has 0 unspecified atom stereocenters. The Morgan fingerprint density at radius 2 is 2.10 bits per heavy atom. The maximum atomic E-state index is 10.7. The van der Waals surface area contributed by atoms with Crippen LogP contribution < -0.4 is 0 Å². The Bertz CT molecular complexity index is 581. The number of carbonyl (C=O) groups is 1. The van der Waals surface area contributed by atoms with Crippen LogP contribution in [0, 0.1) is 0 Å². The summed E-state index contributed by atoms with van der Waals surface area (Å²) in [6.45, 7) is 2.87. The Hall–Kier alpha value is -1.75. The van der Waals surface area contributed by atoms with Gasteiger partial charge in [-0.1, -0.05) is 49.0 Å². The normalized spacial score (nSPS) is 10.7. The molecule has 0 bridgehead atoms. The number of carboxylic acid groups (broad SMARTS) is 1. The van der Waals surface area contributed by atoms with E-state index in [2.05, 4.69) is 24.2 Å². The highest BCUT2D eigenvalue weighted by Gasteiger charge is 2.09. The number of benzene rings is 1. The second-order valence-electron chi connectivity index (χ2n) is 4.82. The Labute approximate surface area is 129 Å². The number of hydrogen-bond donors (Lipinski definition) is 1. The molecule has 0 fully saturated rings. The molecule has 0 aliphatic heterocycles. The van der Waals surface area contributed by atoms with E-state index in [1.165, 1.54) is 17.3 Å². The Morgan fingerprint density at radius 3 is 2.76 bits per heavy atom. The minimum absolute atomic E-state index is 0.0769. The Morgan fingerprint density at radius 1 is 1.33 bits per heavy atom. The molecule has 21 heavy (non-hydrogen) atoms. The van der Waals surface area contributed by atoms with Gasteiger partial charge in [0.25, 0.3) is 0 Å². The fraction of sp³-hybridized carbons (Fsp3) is 0.375. The lowest BCUT2D eigenvalue weighted by Crippen LogP contribution is -2.05. The van der Waals surface area contributed by atoms with Crippen LogP contribution in [0.5, 0.6) is 0 Å². The molecule has 0 atom stereocenters. The van der Waals surface area contributed by atoms with E-state index < -0.39 is 5.97 Å². The second-order valence-corrected chi connectivity index (χ2v) is 5.82. The van der Waals surface area contributed by atoms with Gasteiger partial charge in [0.05, 0.1) is 16.5 Å². The van der Waals surface area contributed by atoms with Crippen LogP contribution in [0.3, 0.4) is 0 Å². The van der Waals surface area contributed by atoms with Crippen LogP contribution in [0.1, 0.15) is 24.6 Å². The lowest BCUT2D eigenvalue weighted by atomic mass is 10.1. The van der Waals surface area contributed by atoms with Crippen LogP contribution in [-0.4, -0.2) is 26.6 Å². The smallest absolute Gasteiger partial charge is 0.313 e. The van der Waals surface area contributed by atoms with Crippen molar-refractivity contribution in [3.63, 3.8) is 0 Å². The molecule has 0 amide bonds. The number of aryl methyl sites for hydroxylation is 3. The van der Waals surface area contributed by atoms with Crippen molar-refractivity contribution in [3.05, 3.63) is 47.7 Å². The van der Waals surface area contributed by atoms with E-state index in [0.717, 1.165) is 36.5 Å². The first-order valence-corrected chi connectivity index (χ1v) is 8.13. The first-order valence-electron chi connectivity index (χ1n) is 7.14. The minimum Gasteiger partial charge on any atom is -0.481 e. The molecule has 2 rings (SSSR count). The zero-order chi connectivity index (χ0) is 15.1. The average Bonchev–Trinajstić information content (AvgIpc) is 2.89. The van der Waals surface area contributed by atoms with Gasteiger partial charge in [-0.3, -0.25) is 9.48 Å². The lowest BCUT2D eigenvalue weighted by molar-refractivity contribution is -0.133. The molecule has 0 spiro atoms. The van der Waals surface area contributed by atoms with Gasteiger partial charge in [-0.25, -0.2) is 0 Å². The molecule has 0 aliphatic rings. The highest BCUT2D eigenvalue weighted by molar-refractivity contribution is 7.99. The largest absolute Gasteiger partial charge is 0.481 e. The molecule has 1 N–H and O–H groups in total. The van der Waals surface area contributed by atoms with Crippen LogP contribution in [0.4, 0.5) is 0 Å². The first kappa shape index (κ1) is 15.6. The molecule has 1 aromatic carbocycles. The fourth-order valence-electron chi connectivity index (χ4n) is 2.11. The van der Waals surface area contributed by atoms with Crippen molar-refractivity contribution in [2.24, 2.45) is 0 Å². The van der Waals surface area contributed by atoms with Gasteiger partial charge in [-0.05, 0) is 30.9 Å². The molecular weight excluding hydrogens is 284 g/mol. The SMILES string of the molecule is CCc1cc(SCC(=O)O)n(CCCc2ccccc2)n1. The zero-order valence-corrected chi connectivity index (χ0v) is 13.0. The molecule has 0 saturated heterocycles. The summed E-state index contributed by atoms with van der Waals surface area (Å²) in [5, 5.41) is 14.3. The summed E-state index contributed by atoms with van der Waals surface area (Å²) in [6, 6.07) is 12.4. The summed E-state index contributed by atoms with van der Waals surface area (Å²) in [5.74, 6) is -0.719. The highest BCUT2D eigenvalue weighted by Crippen LogP contribution is 2.20. The third kappa shape index (κ3) is 4.93. The van der Waals surface area contributed by atoms with Crippen molar-refractivity contribution in [2.45, 2.75) is 37.8 Å². The van der Waals surface area contributed by atoms with Crippen molar-refractivity contribution in [3.8, 4) is 0 Å². The topological polar surface area (TPSA) is 55.1 Å². The van der Waals surface area contributed by atoms with Crippen LogP contribution in [0.15, 0.2) is 41.4 Å². The molecule has 1 aromatic heterocycles. The third-order valence-corrected chi connectivity index (χ3v) is 4.19. The van der Waals surface area contributed by atoms with E-state index >= 15 is 0 Å². The number of nitrogens with zero attached hydrogens (tertiary/aromatic N) is 2. The maximum Gasteiger partial charge on any atom is 0.313 e. The van der Waals surface area contributed by atoms with Gasteiger partial charge in [0.1, 0.15) is 0 Å².